The molecule has 18 heavy (non-hydrogen) atoms. The molecule has 5 heteroatoms. The number of nitrogens with zero attached hydrogens (tertiary/aromatic N) is 1. The fourth-order valence-electron chi connectivity index (χ4n) is 1.44. The van der Waals surface area contributed by atoms with Crippen molar-refractivity contribution in [3.8, 4) is 23.3 Å². The predicted molar refractivity (Wildman–Crippen MR) is 65.2 cm³/mol. The number of carbonyl (C=O) groups is 1. The highest BCUT2D eigenvalue weighted by Gasteiger charge is 2.18. The topological polar surface area (TPSA) is 68.5 Å². The van der Waals surface area contributed by atoms with E-state index >= 15 is 0 Å². The highest BCUT2D eigenvalue weighted by Crippen LogP contribution is 2.34. The Morgan fingerprint density at radius 1 is 1.17 bits per heavy atom. The number of allylic oxidation sites excluding steroid dienone is 2. The normalized spacial score (nSPS) is 9.89. The molecule has 5 nitrogen and oxygen atoms in total. The van der Waals surface area contributed by atoms with Gasteiger partial charge in [0.1, 0.15) is 22.8 Å². The zero-order chi connectivity index (χ0) is 13.5. The van der Waals surface area contributed by atoms with Crippen LogP contribution in [0.4, 0.5) is 0 Å². The Morgan fingerprint density at radius 3 is 2.11 bits per heavy atom. The number of hydrogen-bond donors (Lipinski definition) is 0. The number of hydrogen-bond acceptors (Lipinski definition) is 5. The first kappa shape index (κ1) is 13.6. The van der Waals surface area contributed by atoms with E-state index in [4.69, 9.17) is 19.5 Å². The number of ether oxygens (including phenoxy) is 3. The van der Waals surface area contributed by atoms with E-state index in [0.29, 0.717) is 17.2 Å². The second-order valence-corrected chi connectivity index (χ2v) is 3.23. The van der Waals surface area contributed by atoms with Gasteiger partial charge < -0.3 is 14.2 Å². The van der Waals surface area contributed by atoms with E-state index in [1.807, 2.05) is 0 Å². The number of carbonyl (C=O) groups excluding carboxylic acids is 1. The highest BCUT2D eigenvalue weighted by atomic mass is 16.5. The van der Waals surface area contributed by atoms with E-state index < -0.39 is 0 Å². The van der Waals surface area contributed by atoms with Crippen LogP contribution in [0, 0.1) is 11.3 Å². The van der Waals surface area contributed by atoms with Crippen LogP contribution in [0.1, 0.15) is 10.4 Å². The summed E-state index contributed by atoms with van der Waals surface area (Å²) < 4.78 is 15.3. The van der Waals surface area contributed by atoms with Crippen LogP contribution in [0.5, 0.6) is 17.2 Å². The van der Waals surface area contributed by atoms with Crippen LogP contribution in [-0.2, 0) is 0 Å². The Morgan fingerprint density at radius 2 is 1.72 bits per heavy atom. The molecule has 0 heterocycles. The summed E-state index contributed by atoms with van der Waals surface area (Å²) >= 11 is 0. The van der Waals surface area contributed by atoms with Gasteiger partial charge in [0.15, 0.2) is 5.78 Å². The van der Waals surface area contributed by atoms with Crippen molar-refractivity contribution in [1.29, 1.82) is 5.26 Å². The molecule has 0 radical (unpaired) electrons. The minimum absolute atomic E-state index is 0.257. The van der Waals surface area contributed by atoms with Gasteiger partial charge in [-0.25, -0.2) is 0 Å². The summed E-state index contributed by atoms with van der Waals surface area (Å²) in [5.41, 5.74) is 0.257. The van der Waals surface area contributed by atoms with E-state index in [1.165, 1.54) is 21.3 Å². The average molecular weight is 247 g/mol. The molecule has 0 spiro atoms. The molecule has 1 aromatic carbocycles. The van der Waals surface area contributed by atoms with Gasteiger partial charge in [-0.15, -0.1) is 0 Å². The number of benzene rings is 1. The first-order chi connectivity index (χ1) is 8.67. The summed E-state index contributed by atoms with van der Waals surface area (Å²) in [6.07, 6.45) is 2.26. The first-order valence-electron chi connectivity index (χ1n) is 5.08. The van der Waals surface area contributed by atoms with Crippen molar-refractivity contribution in [2.45, 2.75) is 0 Å². The SMILES string of the molecule is COc1cc(OC)c(C(=O)/C=C/C#N)c(OC)c1. The predicted octanol–water partition coefficient (Wildman–Crippen LogP) is 1.97. The zero-order valence-corrected chi connectivity index (χ0v) is 10.4. The van der Waals surface area contributed by atoms with Crippen LogP contribution in [0.2, 0.25) is 0 Å². The molecule has 0 bridgehead atoms. The number of ketones is 1. The van der Waals surface area contributed by atoms with Crippen molar-refractivity contribution in [2.75, 3.05) is 21.3 Å². The average Bonchev–Trinajstić information content (AvgIpc) is 2.42. The van der Waals surface area contributed by atoms with Gasteiger partial charge in [-0.2, -0.15) is 5.26 Å². The van der Waals surface area contributed by atoms with Gasteiger partial charge in [-0.1, -0.05) is 0 Å². The van der Waals surface area contributed by atoms with Crippen LogP contribution in [-0.4, -0.2) is 27.1 Å². The molecule has 1 rings (SSSR count). The quantitative estimate of drug-likeness (QED) is 0.452. The molecule has 94 valence electrons. The Bertz CT molecular complexity index is 489. The van der Waals surface area contributed by atoms with Crippen LogP contribution in [0.25, 0.3) is 0 Å². The molecule has 0 aliphatic carbocycles. The third-order valence-electron chi connectivity index (χ3n) is 2.27. The van der Waals surface area contributed by atoms with Gasteiger partial charge in [-0.05, 0) is 6.08 Å². The Kier molecular flexibility index (Phi) is 4.76. The second-order valence-electron chi connectivity index (χ2n) is 3.23. The number of rotatable bonds is 5. The standard InChI is InChI=1S/C13H13NO4/c1-16-9-7-11(17-2)13(12(8-9)18-3)10(15)5-4-6-14/h4-5,7-8H,1-3H3/b5-4+. The maximum atomic E-state index is 11.9. The lowest BCUT2D eigenvalue weighted by atomic mass is 10.1. The monoisotopic (exact) mass is 247 g/mol. The fraction of sp³-hybridized carbons (Fsp3) is 0.231. The van der Waals surface area contributed by atoms with E-state index in [9.17, 15) is 4.79 Å². The molecule has 1 aromatic rings. The van der Waals surface area contributed by atoms with E-state index in [0.717, 1.165) is 12.2 Å². The summed E-state index contributed by atoms with van der Waals surface area (Å²) in [7, 11) is 4.39. The van der Waals surface area contributed by atoms with Gasteiger partial charge in [0.2, 0.25) is 0 Å². The van der Waals surface area contributed by atoms with Crippen molar-refractivity contribution in [3.63, 3.8) is 0 Å². The second kappa shape index (κ2) is 6.30. The molecule has 0 atom stereocenters. The Hall–Kier alpha value is -2.48. The molecule has 0 aliphatic rings. The molecular formula is C13H13NO4. The zero-order valence-electron chi connectivity index (χ0n) is 10.4. The van der Waals surface area contributed by atoms with E-state index in [1.54, 1.807) is 18.2 Å². The molecule has 0 saturated carbocycles. The smallest absolute Gasteiger partial charge is 0.194 e. The Labute approximate surface area is 105 Å². The van der Waals surface area contributed by atoms with Crippen molar-refractivity contribution < 1.29 is 19.0 Å². The van der Waals surface area contributed by atoms with Crippen LogP contribution < -0.4 is 14.2 Å². The largest absolute Gasteiger partial charge is 0.496 e. The van der Waals surface area contributed by atoms with E-state index in [-0.39, 0.29) is 11.3 Å². The minimum atomic E-state index is -0.368. The van der Waals surface area contributed by atoms with Crippen molar-refractivity contribution in [3.05, 3.63) is 29.8 Å². The van der Waals surface area contributed by atoms with Gasteiger partial charge in [0.25, 0.3) is 0 Å². The van der Waals surface area contributed by atoms with Crippen molar-refractivity contribution in [2.24, 2.45) is 0 Å². The summed E-state index contributed by atoms with van der Waals surface area (Å²) in [5.74, 6) is 0.815. The van der Waals surface area contributed by atoms with Crippen LogP contribution in [0.3, 0.4) is 0 Å². The van der Waals surface area contributed by atoms with Gasteiger partial charge in [0, 0.05) is 18.2 Å². The van der Waals surface area contributed by atoms with E-state index in [2.05, 4.69) is 0 Å². The Balaban J connectivity index is 3.36. The lowest BCUT2D eigenvalue weighted by Gasteiger charge is -2.12. The van der Waals surface area contributed by atoms with Crippen LogP contribution >= 0.6 is 0 Å². The lowest BCUT2D eigenvalue weighted by molar-refractivity contribution is 0.104. The van der Waals surface area contributed by atoms with Crippen LogP contribution in [0.15, 0.2) is 24.3 Å². The molecular weight excluding hydrogens is 234 g/mol. The molecule has 0 N–H and O–H groups in total. The summed E-state index contributed by atoms with van der Waals surface area (Å²) in [6.45, 7) is 0. The summed E-state index contributed by atoms with van der Waals surface area (Å²) in [4.78, 5) is 11.9. The first-order valence-corrected chi connectivity index (χ1v) is 5.08. The van der Waals surface area contributed by atoms with Crippen molar-refractivity contribution >= 4 is 5.78 Å². The number of methoxy groups -OCH3 is 3. The minimum Gasteiger partial charge on any atom is -0.496 e. The van der Waals surface area contributed by atoms with Gasteiger partial charge in [0.05, 0.1) is 27.4 Å². The summed E-state index contributed by atoms with van der Waals surface area (Å²) in [6, 6.07) is 4.92. The molecule has 0 unspecified atom stereocenters. The third-order valence-corrected chi connectivity index (χ3v) is 2.27. The molecule has 0 fully saturated rings. The molecule has 0 amide bonds. The fourth-order valence-corrected chi connectivity index (χ4v) is 1.44. The number of nitriles is 1. The molecule has 0 aromatic heterocycles. The molecule has 0 saturated heterocycles. The lowest BCUT2D eigenvalue weighted by Crippen LogP contribution is -2.03. The van der Waals surface area contributed by atoms with Gasteiger partial charge in [-0.3, -0.25) is 4.79 Å². The molecule has 0 aliphatic heterocycles. The van der Waals surface area contributed by atoms with Crippen molar-refractivity contribution in [1.82, 2.24) is 0 Å². The summed E-state index contributed by atoms with van der Waals surface area (Å²) in [5, 5.41) is 8.43. The highest BCUT2D eigenvalue weighted by molar-refractivity contribution is 6.09. The third kappa shape index (κ3) is 2.80. The maximum absolute atomic E-state index is 11.9. The van der Waals surface area contributed by atoms with Gasteiger partial charge >= 0.3 is 0 Å². The maximum Gasteiger partial charge on any atom is 0.194 e.